The van der Waals surface area contributed by atoms with Crippen LogP contribution in [0, 0.1) is 34.5 Å². The number of nitriles is 1. The van der Waals surface area contributed by atoms with Gasteiger partial charge in [-0.15, -0.1) is 0 Å². The fourth-order valence-electron chi connectivity index (χ4n) is 3.35. The second-order valence-electron chi connectivity index (χ2n) is 4.89. The Morgan fingerprint density at radius 3 is 2.42 bits per heavy atom. The van der Waals surface area contributed by atoms with Crippen molar-refractivity contribution in [1.82, 2.24) is 0 Å². The van der Waals surface area contributed by atoms with Gasteiger partial charge in [-0.1, -0.05) is 20.3 Å². The molecule has 2 fully saturated rings. The van der Waals surface area contributed by atoms with Crippen molar-refractivity contribution in [3.8, 4) is 6.07 Å². The summed E-state index contributed by atoms with van der Waals surface area (Å²) in [5, 5.41) is 9.26. The minimum atomic E-state index is 0.0584. The molecule has 0 aromatic heterocycles. The second kappa shape index (κ2) is 2.49. The topological polar surface area (TPSA) is 23.8 Å². The first-order valence-corrected chi connectivity index (χ1v) is 5.10. The molecule has 2 saturated carbocycles. The summed E-state index contributed by atoms with van der Waals surface area (Å²) in [6.45, 7) is 4.42. The number of hydrogen-bond donors (Lipinski definition) is 0. The molecule has 1 heteroatoms. The van der Waals surface area contributed by atoms with Crippen molar-refractivity contribution in [2.24, 2.45) is 23.2 Å². The van der Waals surface area contributed by atoms with Gasteiger partial charge in [-0.25, -0.2) is 0 Å². The Kier molecular flexibility index (Phi) is 1.68. The summed E-state index contributed by atoms with van der Waals surface area (Å²) in [4.78, 5) is 0. The lowest BCUT2D eigenvalue weighted by Crippen LogP contribution is -2.31. The molecule has 0 aromatic rings. The molecule has 0 aromatic carbocycles. The highest BCUT2D eigenvalue weighted by molar-refractivity contribution is 5.12. The van der Waals surface area contributed by atoms with Crippen LogP contribution in [0.4, 0.5) is 0 Å². The van der Waals surface area contributed by atoms with Crippen LogP contribution in [0.3, 0.4) is 0 Å². The van der Waals surface area contributed by atoms with E-state index in [-0.39, 0.29) is 5.41 Å². The summed E-state index contributed by atoms with van der Waals surface area (Å²) in [6.07, 6.45) is 5.23. The third-order valence-corrected chi connectivity index (χ3v) is 4.13. The van der Waals surface area contributed by atoms with Gasteiger partial charge < -0.3 is 0 Å². The maximum Gasteiger partial charge on any atom is 0.0695 e. The second-order valence-corrected chi connectivity index (χ2v) is 4.89. The van der Waals surface area contributed by atoms with Crippen LogP contribution in [0.2, 0.25) is 0 Å². The Labute approximate surface area is 74.8 Å². The smallest absolute Gasteiger partial charge is 0.0695 e. The molecule has 12 heavy (non-hydrogen) atoms. The van der Waals surface area contributed by atoms with Crippen molar-refractivity contribution in [2.75, 3.05) is 0 Å². The molecule has 0 radical (unpaired) electrons. The van der Waals surface area contributed by atoms with Crippen molar-refractivity contribution < 1.29 is 0 Å². The molecule has 0 N–H and O–H groups in total. The summed E-state index contributed by atoms with van der Waals surface area (Å²) in [7, 11) is 0. The molecule has 3 unspecified atom stereocenters. The number of fused-ring (bicyclic) bond motifs is 2. The van der Waals surface area contributed by atoms with Crippen LogP contribution in [-0.4, -0.2) is 0 Å². The fourth-order valence-corrected chi connectivity index (χ4v) is 3.35. The molecular formula is C11H17N. The third kappa shape index (κ3) is 0.843. The average molecular weight is 163 g/mol. The molecule has 0 spiro atoms. The minimum absolute atomic E-state index is 0.0584. The molecule has 0 amide bonds. The van der Waals surface area contributed by atoms with E-state index in [0.717, 1.165) is 11.8 Å². The molecule has 0 saturated heterocycles. The van der Waals surface area contributed by atoms with Gasteiger partial charge in [0.1, 0.15) is 0 Å². The van der Waals surface area contributed by atoms with Gasteiger partial charge in [-0.2, -0.15) is 5.26 Å². The molecule has 2 aliphatic rings. The Hall–Kier alpha value is -0.510. The Morgan fingerprint density at radius 2 is 2.17 bits per heavy atom. The van der Waals surface area contributed by atoms with E-state index in [0.29, 0.717) is 5.92 Å². The van der Waals surface area contributed by atoms with E-state index in [1.54, 1.807) is 0 Å². The zero-order chi connectivity index (χ0) is 8.77. The fraction of sp³-hybridized carbons (Fsp3) is 0.909. The zero-order valence-corrected chi connectivity index (χ0v) is 8.01. The van der Waals surface area contributed by atoms with Crippen molar-refractivity contribution in [3.05, 3.63) is 0 Å². The maximum atomic E-state index is 9.26. The van der Waals surface area contributed by atoms with Crippen LogP contribution in [0.15, 0.2) is 0 Å². The molecule has 1 nitrogen and oxygen atoms in total. The van der Waals surface area contributed by atoms with Crippen LogP contribution in [0.1, 0.15) is 39.5 Å². The van der Waals surface area contributed by atoms with E-state index in [1.165, 1.54) is 25.7 Å². The van der Waals surface area contributed by atoms with Crippen LogP contribution < -0.4 is 0 Å². The highest BCUT2D eigenvalue weighted by atomic mass is 14.6. The van der Waals surface area contributed by atoms with E-state index in [1.807, 2.05) is 0 Å². The van der Waals surface area contributed by atoms with Crippen LogP contribution in [0.5, 0.6) is 0 Å². The molecule has 2 bridgehead atoms. The first kappa shape index (κ1) is 8.10. The summed E-state index contributed by atoms with van der Waals surface area (Å²) >= 11 is 0. The van der Waals surface area contributed by atoms with Gasteiger partial charge in [0.05, 0.1) is 11.5 Å². The maximum absolute atomic E-state index is 9.26. The molecule has 0 heterocycles. The van der Waals surface area contributed by atoms with Gasteiger partial charge >= 0.3 is 0 Å². The van der Waals surface area contributed by atoms with Gasteiger partial charge in [0.2, 0.25) is 0 Å². The monoisotopic (exact) mass is 163 g/mol. The SMILES string of the molecule is CC(C)C1(C#N)CC2CCC1C2. The van der Waals surface area contributed by atoms with Crippen molar-refractivity contribution >= 4 is 0 Å². The molecular weight excluding hydrogens is 146 g/mol. The lowest BCUT2D eigenvalue weighted by Gasteiger charge is -2.34. The van der Waals surface area contributed by atoms with E-state index < -0.39 is 0 Å². The average Bonchev–Trinajstić information content (AvgIpc) is 2.62. The molecule has 0 aliphatic heterocycles. The quantitative estimate of drug-likeness (QED) is 0.583. The normalized spacial score (nSPS) is 45.2. The standard InChI is InChI=1S/C11H17N/c1-8(2)11(7-12)6-9-3-4-10(11)5-9/h8-10H,3-6H2,1-2H3. The third-order valence-electron chi connectivity index (χ3n) is 4.13. The lowest BCUT2D eigenvalue weighted by atomic mass is 9.67. The zero-order valence-electron chi connectivity index (χ0n) is 8.01. The van der Waals surface area contributed by atoms with Crippen molar-refractivity contribution in [3.63, 3.8) is 0 Å². The van der Waals surface area contributed by atoms with E-state index in [4.69, 9.17) is 0 Å². The predicted molar refractivity (Wildman–Crippen MR) is 48.3 cm³/mol. The first-order chi connectivity index (χ1) is 5.69. The highest BCUT2D eigenvalue weighted by Gasteiger charge is 2.52. The molecule has 2 aliphatic carbocycles. The van der Waals surface area contributed by atoms with E-state index in [2.05, 4.69) is 19.9 Å². The van der Waals surface area contributed by atoms with Crippen LogP contribution in [-0.2, 0) is 0 Å². The van der Waals surface area contributed by atoms with Gasteiger partial charge in [-0.05, 0) is 37.0 Å². The van der Waals surface area contributed by atoms with Crippen LogP contribution in [0.25, 0.3) is 0 Å². The van der Waals surface area contributed by atoms with E-state index >= 15 is 0 Å². The summed E-state index contributed by atoms with van der Waals surface area (Å²) in [6, 6.07) is 2.61. The van der Waals surface area contributed by atoms with E-state index in [9.17, 15) is 5.26 Å². The first-order valence-electron chi connectivity index (χ1n) is 5.10. The number of nitrogens with zero attached hydrogens (tertiary/aromatic N) is 1. The Balaban J connectivity index is 2.27. The number of rotatable bonds is 1. The summed E-state index contributed by atoms with van der Waals surface area (Å²) < 4.78 is 0. The highest BCUT2D eigenvalue weighted by Crippen LogP contribution is 2.58. The molecule has 2 rings (SSSR count). The van der Waals surface area contributed by atoms with Crippen molar-refractivity contribution in [2.45, 2.75) is 39.5 Å². The predicted octanol–water partition coefficient (Wildman–Crippen LogP) is 2.97. The van der Waals surface area contributed by atoms with Gasteiger partial charge in [-0.3, -0.25) is 0 Å². The number of hydrogen-bond acceptors (Lipinski definition) is 1. The molecule has 66 valence electrons. The largest absolute Gasteiger partial charge is 0.198 e. The Bertz CT molecular complexity index is 226. The molecule has 3 atom stereocenters. The van der Waals surface area contributed by atoms with Crippen LogP contribution >= 0.6 is 0 Å². The summed E-state index contributed by atoms with van der Waals surface area (Å²) in [5.41, 5.74) is 0.0584. The van der Waals surface area contributed by atoms with Crippen molar-refractivity contribution in [1.29, 1.82) is 5.26 Å². The lowest BCUT2D eigenvalue weighted by molar-refractivity contribution is 0.167. The van der Waals surface area contributed by atoms with Gasteiger partial charge in [0.15, 0.2) is 0 Å². The Morgan fingerprint density at radius 1 is 1.42 bits per heavy atom. The van der Waals surface area contributed by atoms with Gasteiger partial charge in [0, 0.05) is 0 Å². The summed E-state index contributed by atoms with van der Waals surface area (Å²) in [5.74, 6) is 2.17. The minimum Gasteiger partial charge on any atom is -0.198 e. The van der Waals surface area contributed by atoms with Gasteiger partial charge in [0.25, 0.3) is 0 Å².